The number of phenols is 1. The largest absolute Gasteiger partial charge is 0.508 e. The molecular weight excluding hydrogens is 310 g/mol. The molecule has 0 aliphatic rings. The molecule has 2 aromatic carbocycles. The van der Waals surface area contributed by atoms with Crippen molar-refractivity contribution >= 4 is 32.4 Å². The fraction of sp³-hybridized carbons (Fsp3) is 0.167. The molecule has 0 saturated carbocycles. The minimum Gasteiger partial charge on any atom is -0.508 e. The molecule has 0 atom stereocenters. The first-order chi connectivity index (χ1) is 11.1. The normalized spacial score (nSPS) is 10.7. The first-order valence-electron chi connectivity index (χ1n) is 7.19. The van der Waals surface area contributed by atoms with Crippen LogP contribution in [-0.2, 0) is 11.3 Å². The summed E-state index contributed by atoms with van der Waals surface area (Å²) in [6, 6.07) is 15.1. The van der Waals surface area contributed by atoms with Crippen molar-refractivity contribution in [3.05, 3.63) is 59.7 Å². The Bertz CT molecular complexity index is 842. The topological polar surface area (TPSA) is 49.8 Å². The van der Waals surface area contributed by atoms with Crippen LogP contribution >= 0.6 is 11.3 Å². The summed E-state index contributed by atoms with van der Waals surface area (Å²) in [5, 5.41) is 11.3. The molecule has 4 nitrogen and oxygen atoms in total. The van der Waals surface area contributed by atoms with Gasteiger partial charge in [-0.25, -0.2) is 4.79 Å². The number of thiophene rings is 1. The number of anilines is 1. The molecule has 0 saturated heterocycles. The molecule has 118 valence electrons. The molecule has 1 aromatic heterocycles. The Hall–Kier alpha value is -2.53. The zero-order valence-corrected chi connectivity index (χ0v) is 13.8. The summed E-state index contributed by atoms with van der Waals surface area (Å²) in [4.78, 5) is 14.3. The van der Waals surface area contributed by atoms with Crippen molar-refractivity contribution < 1.29 is 14.6 Å². The highest BCUT2D eigenvalue weighted by atomic mass is 32.1. The maximum atomic E-state index is 12.2. The van der Waals surface area contributed by atoms with Gasteiger partial charge in [0, 0.05) is 23.7 Å². The number of rotatable bonds is 4. The summed E-state index contributed by atoms with van der Waals surface area (Å²) in [5.41, 5.74) is 1.71. The van der Waals surface area contributed by atoms with Crippen LogP contribution in [0.3, 0.4) is 0 Å². The molecule has 0 spiro atoms. The van der Waals surface area contributed by atoms with Crippen LogP contribution < -0.4 is 4.90 Å². The zero-order valence-electron chi connectivity index (χ0n) is 12.9. The van der Waals surface area contributed by atoms with Gasteiger partial charge >= 0.3 is 5.97 Å². The average molecular weight is 327 g/mol. The van der Waals surface area contributed by atoms with E-state index in [2.05, 4.69) is 0 Å². The maximum absolute atomic E-state index is 12.2. The number of hydrogen-bond acceptors (Lipinski definition) is 5. The molecule has 0 radical (unpaired) electrons. The molecular formula is C18H17NO3S. The van der Waals surface area contributed by atoms with E-state index >= 15 is 0 Å². The Balaban J connectivity index is 2.06. The van der Waals surface area contributed by atoms with Crippen LogP contribution in [0.5, 0.6) is 5.75 Å². The molecule has 0 amide bonds. The summed E-state index contributed by atoms with van der Waals surface area (Å²) in [6.07, 6.45) is 0. The van der Waals surface area contributed by atoms with Gasteiger partial charge in [0.15, 0.2) is 0 Å². The van der Waals surface area contributed by atoms with E-state index in [1.165, 1.54) is 18.4 Å². The minimum absolute atomic E-state index is 0.187. The standard InChI is InChI=1S/C18H17NO3S/c1-19(11-12-6-4-3-5-7-12)17-16(18(21)22-2)14-9-8-13(20)10-15(14)23-17/h3-10,20H,11H2,1-2H3. The van der Waals surface area contributed by atoms with Gasteiger partial charge in [0.25, 0.3) is 0 Å². The first kappa shape index (κ1) is 15.4. The molecule has 5 heteroatoms. The smallest absolute Gasteiger partial charge is 0.341 e. The van der Waals surface area contributed by atoms with E-state index in [4.69, 9.17) is 4.74 Å². The number of carbonyl (C=O) groups is 1. The number of phenolic OH excluding ortho intramolecular Hbond substituents is 1. The Morgan fingerprint density at radius 3 is 2.65 bits per heavy atom. The van der Waals surface area contributed by atoms with Gasteiger partial charge in [-0.15, -0.1) is 11.3 Å². The zero-order chi connectivity index (χ0) is 16.4. The highest BCUT2D eigenvalue weighted by molar-refractivity contribution is 7.23. The van der Waals surface area contributed by atoms with E-state index in [9.17, 15) is 9.90 Å². The Labute approximate surface area is 138 Å². The van der Waals surface area contributed by atoms with Crippen LogP contribution in [0.1, 0.15) is 15.9 Å². The van der Waals surface area contributed by atoms with Crippen molar-refractivity contribution in [2.45, 2.75) is 6.54 Å². The third kappa shape index (κ3) is 3.00. The Morgan fingerprint density at radius 2 is 1.96 bits per heavy atom. The predicted octanol–water partition coefficient (Wildman–Crippen LogP) is 4.03. The molecule has 1 N–H and O–H groups in total. The van der Waals surface area contributed by atoms with Gasteiger partial charge in [0.1, 0.15) is 16.3 Å². The van der Waals surface area contributed by atoms with Crippen LogP contribution in [0.2, 0.25) is 0 Å². The number of ether oxygens (including phenoxy) is 1. The van der Waals surface area contributed by atoms with Crippen LogP contribution in [0.15, 0.2) is 48.5 Å². The van der Waals surface area contributed by atoms with Gasteiger partial charge in [-0.3, -0.25) is 0 Å². The van der Waals surface area contributed by atoms with Crippen LogP contribution in [0.4, 0.5) is 5.00 Å². The third-order valence-corrected chi connectivity index (χ3v) is 4.92. The molecule has 0 aliphatic carbocycles. The lowest BCUT2D eigenvalue weighted by Crippen LogP contribution is -2.18. The summed E-state index contributed by atoms with van der Waals surface area (Å²) in [5.74, 6) is -0.177. The number of carbonyl (C=O) groups excluding carboxylic acids is 1. The van der Waals surface area contributed by atoms with E-state index in [0.29, 0.717) is 12.1 Å². The second-order valence-corrected chi connectivity index (χ2v) is 6.33. The second kappa shape index (κ2) is 6.30. The van der Waals surface area contributed by atoms with Crippen molar-refractivity contribution in [2.24, 2.45) is 0 Å². The van der Waals surface area contributed by atoms with Gasteiger partial charge in [-0.1, -0.05) is 30.3 Å². The van der Waals surface area contributed by atoms with E-state index in [-0.39, 0.29) is 11.7 Å². The molecule has 3 rings (SSSR count). The second-order valence-electron chi connectivity index (χ2n) is 5.30. The molecule has 0 unspecified atom stereocenters. The molecule has 23 heavy (non-hydrogen) atoms. The Kier molecular flexibility index (Phi) is 4.21. The van der Waals surface area contributed by atoms with E-state index < -0.39 is 0 Å². The number of benzene rings is 2. The molecule has 1 heterocycles. The van der Waals surface area contributed by atoms with E-state index in [0.717, 1.165) is 20.7 Å². The van der Waals surface area contributed by atoms with E-state index in [1.807, 2.05) is 42.3 Å². The fourth-order valence-electron chi connectivity index (χ4n) is 2.57. The lowest BCUT2D eigenvalue weighted by molar-refractivity contribution is 0.0604. The SMILES string of the molecule is COC(=O)c1c(N(C)Cc2ccccc2)sc2cc(O)ccc12. The van der Waals surface area contributed by atoms with Crippen LogP contribution in [0, 0.1) is 0 Å². The van der Waals surface area contributed by atoms with Gasteiger partial charge in [0.2, 0.25) is 0 Å². The summed E-state index contributed by atoms with van der Waals surface area (Å²) < 4.78 is 5.81. The van der Waals surface area contributed by atoms with Crippen molar-refractivity contribution in [3.63, 3.8) is 0 Å². The van der Waals surface area contributed by atoms with Crippen LogP contribution in [-0.4, -0.2) is 25.2 Å². The van der Waals surface area contributed by atoms with Crippen LogP contribution in [0.25, 0.3) is 10.1 Å². The number of esters is 1. The summed E-state index contributed by atoms with van der Waals surface area (Å²) >= 11 is 1.47. The molecule has 3 aromatic rings. The predicted molar refractivity (Wildman–Crippen MR) is 93.4 cm³/mol. The fourth-order valence-corrected chi connectivity index (χ4v) is 3.75. The number of methoxy groups -OCH3 is 1. The number of hydrogen-bond donors (Lipinski definition) is 1. The van der Waals surface area contributed by atoms with Crippen molar-refractivity contribution in [1.82, 2.24) is 0 Å². The highest BCUT2D eigenvalue weighted by Crippen LogP contribution is 2.40. The molecule has 0 aliphatic heterocycles. The third-order valence-electron chi connectivity index (χ3n) is 3.65. The molecule has 0 bridgehead atoms. The molecule has 0 fully saturated rings. The van der Waals surface area contributed by atoms with Gasteiger partial charge < -0.3 is 14.7 Å². The first-order valence-corrected chi connectivity index (χ1v) is 8.00. The van der Waals surface area contributed by atoms with Crippen molar-refractivity contribution in [3.8, 4) is 5.75 Å². The quantitative estimate of drug-likeness (QED) is 0.735. The minimum atomic E-state index is -0.364. The summed E-state index contributed by atoms with van der Waals surface area (Å²) in [7, 11) is 3.33. The van der Waals surface area contributed by atoms with Gasteiger partial charge in [-0.05, 0) is 23.8 Å². The van der Waals surface area contributed by atoms with Crippen molar-refractivity contribution in [1.29, 1.82) is 0 Å². The van der Waals surface area contributed by atoms with Gasteiger partial charge in [-0.2, -0.15) is 0 Å². The Morgan fingerprint density at radius 1 is 1.22 bits per heavy atom. The maximum Gasteiger partial charge on any atom is 0.341 e. The average Bonchev–Trinajstić information content (AvgIpc) is 2.93. The van der Waals surface area contributed by atoms with Gasteiger partial charge in [0.05, 0.1) is 7.11 Å². The summed E-state index contributed by atoms with van der Waals surface area (Å²) in [6.45, 7) is 0.684. The number of nitrogens with zero attached hydrogens (tertiary/aromatic N) is 1. The lowest BCUT2D eigenvalue weighted by Gasteiger charge is -2.18. The number of aromatic hydroxyl groups is 1. The van der Waals surface area contributed by atoms with E-state index in [1.54, 1.807) is 18.2 Å². The lowest BCUT2D eigenvalue weighted by atomic mass is 10.1. The monoisotopic (exact) mass is 327 g/mol. The van der Waals surface area contributed by atoms with Crippen molar-refractivity contribution in [2.75, 3.05) is 19.1 Å². The number of fused-ring (bicyclic) bond motifs is 1. The highest BCUT2D eigenvalue weighted by Gasteiger charge is 2.22.